The van der Waals surface area contributed by atoms with E-state index in [4.69, 9.17) is 0 Å². The van der Waals surface area contributed by atoms with Crippen LogP contribution in [0.5, 0.6) is 0 Å². The maximum absolute atomic E-state index is 4.03. The third-order valence-corrected chi connectivity index (χ3v) is 4.47. The van der Waals surface area contributed by atoms with E-state index in [0.29, 0.717) is 6.04 Å². The fraction of sp³-hybridized carbons (Fsp3) is 0.385. The molecule has 2 rings (SSSR count). The van der Waals surface area contributed by atoms with Crippen molar-refractivity contribution in [2.45, 2.75) is 35.5 Å². The quantitative estimate of drug-likeness (QED) is 0.874. The summed E-state index contributed by atoms with van der Waals surface area (Å²) in [7, 11) is 0. The maximum Gasteiger partial charge on any atom is 0.178 e. The fourth-order valence-electron chi connectivity index (χ4n) is 1.82. The molecule has 96 valence electrons. The van der Waals surface area contributed by atoms with Gasteiger partial charge >= 0.3 is 0 Å². The summed E-state index contributed by atoms with van der Waals surface area (Å²) in [5.41, 5.74) is 3.11. The van der Waals surface area contributed by atoms with Crippen LogP contribution >= 0.6 is 23.1 Å². The lowest BCUT2D eigenvalue weighted by atomic mass is 10.1. The van der Waals surface area contributed by atoms with Crippen LogP contribution in [0.25, 0.3) is 0 Å². The molecule has 18 heavy (non-hydrogen) atoms. The van der Waals surface area contributed by atoms with Gasteiger partial charge in [0.25, 0.3) is 0 Å². The molecule has 0 bridgehead atoms. The van der Waals surface area contributed by atoms with Crippen LogP contribution in [-0.4, -0.2) is 16.7 Å². The molecule has 1 aromatic heterocycles. The minimum absolute atomic E-state index is 0.454. The summed E-state index contributed by atoms with van der Waals surface area (Å²) in [6.45, 7) is 5.35. The molecular formula is C13H17N3S2. The van der Waals surface area contributed by atoms with Gasteiger partial charge in [-0.3, -0.25) is 0 Å². The van der Waals surface area contributed by atoms with Crippen LogP contribution in [0.15, 0.2) is 39.0 Å². The van der Waals surface area contributed by atoms with Gasteiger partial charge in [-0.15, -0.1) is 10.2 Å². The molecule has 3 nitrogen and oxygen atoms in total. The Hall–Kier alpha value is -0.910. The van der Waals surface area contributed by atoms with E-state index in [1.807, 2.05) is 0 Å². The van der Waals surface area contributed by atoms with Crippen molar-refractivity contribution in [2.24, 2.45) is 0 Å². The van der Waals surface area contributed by atoms with Gasteiger partial charge < -0.3 is 5.32 Å². The van der Waals surface area contributed by atoms with Gasteiger partial charge in [-0.25, -0.2) is 0 Å². The lowest BCUT2D eigenvalue weighted by Crippen LogP contribution is -2.19. The predicted octanol–water partition coefficient (Wildman–Crippen LogP) is 3.75. The molecule has 0 saturated carbocycles. The Morgan fingerprint density at radius 2 is 2.06 bits per heavy atom. The van der Waals surface area contributed by atoms with Gasteiger partial charge in [0.05, 0.1) is 0 Å². The molecule has 0 aliphatic carbocycles. The molecule has 0 fully saturated rings. The van der Waals surface area contributed by atoms with Gasteiger partial charge in [-0.05, 0) is 30.7 Å². The number of hydrogen-bond donors (Lipinski definition) is 1. The highest BCUT2D eigenvalue weighted by Gasteiger charge is 2.07. The largest absolute Gasteiger partial charge is 0.310 e. The fourth-order valence-corrected chi connectivity index (χ4v) is 3.27. The Morgan fingerprint density at radius 1 is 1.28 bits per heavy atom. The molecule has 0 spiro atoms. The molecule has 1 heterocycles. The molecule has 1 N–H and O–H groups in total. The Morgan fingerprint density at radius 3 is 2.61 bits per heavy atom. The topological polar surface area (TPSA) is 37.8 Å². The summed E-state index contributed by atoms with van der Waals surface area (Å²) in [5.74, 6) is 0. The summed E-state index contributed by atoms with van der Waals surface area (Å²) in [4.78, 5) is 1.21. The number of aromatic nitrogens is 2. The van der Waals surface area contributed by atoms with E-state index in [1.54, 1.807) is 28.6 Å². The maximum atomic E-state index is 4.03. The second-order valence-corrected chi connectivity index (χ2v) is 6.05. The summed E-state index contributed by atoms with van der Waals surface area (Å²) in [5, 5.41) is 11.4. The molecule has 0 aliphatic heterocycles. The van der Waals surface area contributed by atoms with Crippen molar-refractivity contribution in [2.75, 3.05) is 6.54 Å². The highest BCUT2D eigenvalue weighted by atomic mass is 32.2. The highest BCUT2D eigenvalue weighted by molar-refractivity contribution is 8.01. The molecule has 0 amide bonds. The van der Waals surface area contributed by atoms with Gasteiger partial charge in [0.15, 0.2) is 4.34 Å². The minimum atomic E-state index is 0.454. The SMILES string of the molecule is CCNC(CC)c1ccc(Sc2nncs2)cc1. The van der Waals surface area contributed by atoms with Crippen LogP contribution in [0.4, 0.5) is 0 Å². The van der Waals surface area contributed by atoms with E-state index in [-0.39, 0.29) is 0 Å². The van der Waals surface area contributed by atoms with Gasteiger partial charge in [-0.1, -0.05) is 49.1 Å². The highest BCUT2D eigenvalue weighted by Crippen LogP contribution is 2.29. The summed E-state index contributed by atoms with van der Waals surface area (Å²) >= 11 is 3.23. The molecule has 1 atom stereocenters. The monoisotopic (exact) mass is 279 g/mol. The van der Waals surface area contributed by atoms with Crippen molar-refractivity contribution in [3.8, 4) is 0 Å². The van der Waals surface area contributed by atoms with E-state index in [9.17, 15) is 0 Å². The second kappa shape index (κ2) is 6.87. The third-order valence-electron chi connectivity index (χ3n) is 2.69. The van der Waals surface area contributed by atoms with E-state index < -0.39 is 0 Å². The molecule has 1 unspecified atom stereocenters. The van der Waals surface area contributed by atoms with Crippen LogP contribution in [0.3, 0.4) is 0 Å². The van der Waals surface area contributed by atoms with E-state index in [1.165, 1.54) is 10.5 Å². The van der Waals surface area contributed by atoms with Crippen molar-refractivity contribution < 1.29 is 0 Å². The first-order valence-corrected chi connectivity index (χ1v) is 7.80. The number of nitrogens with zero attached hydrogens (tertiary/aromatic N) is 2. The number of benzene rings is 1. The van der Waals surface area contributed by atoms with Crippen molar-refractivity contribution in [3.05, 3.63) is 35.3 Å². The average molecular weight is 279 g/mol. The van der Waals surface area contributed by atoms with E-state index in [0.717, 1.165) is 17.3 Å². The van der Waals surface area contributed by atoms with Gasteiger partial charge in [0, 0.05) is 10.9 Å². The van der Waals surface area contributed by atoms with Crippen molar-refractivity contribution in [1.82, 2.24) is 15.5 Å². The van der Waals surface area contributed by atoms with E-state index in [2.05, 4.69) is 53.6 Å². The zero-order valence-electron chi connectivity index (χ0n) is 10.6. The first kappa shape index (κ1) is 13.5. The van der Waals surface area contributed by atoms with Crippen molar-refractivity contribution in [1.29, 1.82) is 0 Å². The van der Waals surface area contributed by atoms with E-state index >= 15 is 0 Å². The van der Waals surface area contributed by atoms with Gasteiger partial charge in [0.1, 0.15) is 5.51 Å². The Bertz CT molecular complexity index is 454. The number of hydrogen-bond acceptors (Lipinski definition) is 5. The first-order valence-electron chi connectivity index (χ1n) is 6.10. The lowest BCUT2D eigenvalue weighted by Gasteiger charge is -2.16. The van der Waals surface area contributed by atoms with Crippen LogP contribution in [-0.2, 0) is 0 Å². The minimum Gasteiger partial charge on any atom is -0.310 e. The van der Waals surface area contributed by atoms with Crippen molar-refractivity contribution >= 4 is 23.1 Å². The molecule has 0 aliphatic rings. The standard InChI is InChI=1S/C13H17N3S2/c1-3-12(14-4-2)10-5-7-11(8-6-10)18-13-16-15-9-17-13/h5-9,12,14H,3-4H2,1-2H3. The molecule has 0 radical (unpaired) electrons. The molecular weight excluding hydrogens is 262 g/mol. The molecule has 5 heteroatoms. The summed E-state index contributed by atoms with van der Waals surface area (Å²) in [6, 6.07) is 9.15. The zero-order valence-corrected chi connectivity index (χ0v) is 12.2. The van der Waals surface area contributed by atoms with Crippen LogP contribution in [0.1, 0.15) is 31.9 Å². The van der Waals surface area contributed by atoms with Crippen LogP contribution < -0.4 is 5.32 Å². The summed E-state index contributed by atoms with van der Waals surface area (Å²) < 4.78 is 0.987. The van der Waals surface area contributed by atoms with Crippen LogP contribution in [0, 0.1) is 0 Å². The van der Waals surface area contributed by atoms with Gasteiger partial charge in [0.2, 0.25) is 0 Å². The number of rotatable bonds is 6. The predicted molar refractivity (Wildman–Crippen MR) is 77.2 cm³/mol. The summed E-state index contributed by atoms with van der Waals surface area (Å²) in [6.07, 6.45) is 1.11. The van der Waals surface area contributed by atoms with Crippen LogP contribution in [0.2, 0.25) is 0 Å². The first-order chi connectivity index (χ1) is 8.83. The molecule has 2 aromatic rings. The Labute approximate surface area is 116 Å². The number of nitrogens with one attached hydrogen (secondary N) is 1. The van der Waals surface area contributed by atoms with Gasteiger partial charge in [-0.2, -0.15) is 0 Å². The normalized spacial score (nSPS) is 12.6. The smallest absolute Gasteiger partial charge is 0.178 e. The Balaban J connectivity index is 2.04. The second-order valence-electron chi connectivity index (χ2n) is 3.89. The lowest BCUT2D eigenvalue weighted by molar-refractivity contribution is 0.537. The third kappa shape index (κ3) is 3.54. The average Bonchev–Trinajstić information content (AvgIpc) is 2.90. The zero-order chi connectivity index (χ0) is 12.8. The molecule has 1 aromatic carbocycles. The Kier molecular flexibility index (Phi) is 5.16. The molecule has 0 saturated heterocycles. The van der Waals surface area contributed by atoms with Crippen molar-refractivity contribution in [3.63, 3.8) is 0 Å².